The van der Waals surface area contributed by atoms with E-state index in [4.69, 9.17) is 4.74 Å². The maximum Gasteiger partial charge on any atom is 0.255 e. The Balaban J connectivity index is 2.19. The van der Waals surface area contributed by atoms with E-state index in [1.54, 1.807) is 43.5 Å². The number of ether oxygens (including phenoxy) is 1. The molecular formula is C17H18N2O3. The molecule has 0 spiro atoms. The van der Waals surface area contributed by atoms with Gasteiger partial charge in [-0.1, -0.05) is 12.1 Å². The van der Waals surface area contributed by atoms with Gasteiger partial charge in [-0.05, 0) is 42.8 Å². The van der Waals surface area contributed by atoms with Crippen molar-refractivity contribution in [1.29, 1.82) is 0 Å². The number of amides is 2. The van der Waals surface area contributed by atoms with Crippen LogP contribution in [0.4, 0.5) is 11.4 Å². The molecule has 0 fully saturated rings. The molecule has 2 aromatic carbocycles. The summed E-state index contributed by atoms with van der Waals surface area (Å²) >= 11 is 0. The van der Waals surface area contributed by atoms with Gasteiger partial charge in [0.1, 0.15) is 5.75 Å². The number of methoxy groups -OCH3 is 1. The maximum atomic E-state index is 12.2. The van der Waals surface area contributed by atoms with Crippen molar-refractivity contribution in [2.75, 3.05) is 17.7 Å². The monoisotopic (exact) mass is 298 g/mol. The molecule has 0 heterocycles. The van der Waals surface area contributed by atoms with E-state index in [0.29, 0.717) is 22.7 Å². The van der Waals surface area contributed by atoms with Crippen molar-refractivity contribution in [3.63, 3.8) is 0 Å². The number of hydrogen-bond donors (Lipinski definition) is 2. The highest BCUT2D eigenvalue weighted by molar-refractivity contribution is 6.05. The highest BCUT2D eigenvalue weighted by Gasteiger charge is 2.09. The normalized spacial score (nSPS) is 9.95. The third kappa shape index (κ3) is 3.85. The van der Waals surface area contributed by atoms with Crippen molar-refractivity contribution in [3.8, 4) is 5.75 Å². The molecule has 0 aliphatic heterocycles. The summed E-state index contributed by atoms with van der Waals surface area (Å²) in [5.41, 5.74) is 2.72. The highest BCUT2D eigenvalue weighted by Crippen LogP contribution is 2.21. The molecule has 0 saturated carbocycles. The molecule has 114 valence electrons. The van der Waals surface area contributed by atoms with Gasteiger partial charge >= 0.3 is 0 Å². The standard InChI is InChI=1S/C17H18N2O3/c1-11-7-8-14(10-16(11)18-12(2)20)19-17(21)13-5-4-6-15(9-13)22-3/h4-10H,1-3H3,(H,18,20)(H,19,21). The Morgan fingerprint density at radius 1 is 1.05 bits per heavy atom. The molecule has 0 bridgehead atoms. The van der Waals surface area contributed by atoms with Crippen molar-refractivity contribution >= 4 is 23.2 Å². The molecule has 0 aliphatic rings. The summed E-state index contributed by atoms with van der Waals surface area (Å²) in [6.45, 7) is 3.33. The summed E-state index contributed by atoms with van der Waals surface area (Å²) in [5.74, 6) is 0.228. The average molecular weight is 298 g/mol. The van der Waals surface area contributed by atoms with Crippen LogP contribution >= 0.6 is 0 Å². The molecule has 2 amide bonds. The van der Waals surface area contributed by atoms with Gasteiger partial charge in [-0.2, -0.15) is 0 Å². The SMILES string of the molecule is COc1cccc(C(=O)Nc2ccc(C)c(NC(C)=O)c2)c1. The molecule has 5 nitrogen and oxygen atoms in total. The Kier molecular flexibility index (Phi) is 4.78. The van der Waals surface area contributed by atoms with Crippen molar-refractivity contribution in [3.05, 3.63) is 53.6 Å². The van der Waals surface area contributed by atoms with Gasteiger partial charge in [-0.3, -0.25) is 9.59 Å². The first-order valence-electron chi connectivity index (χ1n) is 6.83. The number of hydrogen-bond acceptors (Lipinski definition) is 3. The third-order valence-electron chi connectivity index (χ3n) is 3.14. The number of aryl methyl sites for hydroxylation is 1. The van der Waals surface area contributed by atoms with Crippen LogP contribution in [0.3, 0.4) is 0 Å². The van der Waals surface area contributed by atoms with Crippen LogP contribution in [-0.4, -0.2) is 18.9 Å². The number of nitrogens with one attached hydrogen (secondary N) is 2. The summed E-state index contributed by atoms with van der Waals surface area (Å²) in [6, 6.07) is 12.3. The van der Waals surface area contributed by atoms with E-state index in [0.717, 1.165) is 5.56 Å². The summed E-state index contributed by atoms with van der Waals surface area (Å²) in [4.78, 5) is 23.4. The summed E-state index contributed by atoms with van der Waals surface area (Å²) < 4.78 is 5.11. The molecule has 2 rings (SSSR count). The average Bonchev–Trinajstić information content (AvgIpc) is 2.50. The largest absolute Gasteiger partial charge is 0.497 e. The van der Waals surface area contributed by atoms with Crippen LogP contribution < -0.4 is 15.4 Å². The second-order valence-electron chi connectivity index (χ2n) is 4.90. The Morgan fingerprint density at radius 3 is 2.50 bits per heavy atom. The molecule has 0 aliphatic carbocycles. The summed E-state index contributed by atoms with van der Waals surface area (Å²) in [7, 11) is 1.55. The molecule has 2 N–H and O–H groups in total. The van der Waals surface area contributed by atoms with Crippen LogP contribution in [0.1, 0.15) is 22.8 Å². The van der Waals surface area contributed by atoms with Crippen molar-refractivity contribution < 1.29 is 14.3 Å². The van der Waals surface area contributed by atoms with E-state index in [9.17, 15) is 9.59 Å². The minimum Gasteiger partial charge on any atom is -0.497 e. The number of rotatable bonds is 4. The van der Waals surface area contributed by atoms with Crippen molar-refractivity contribution in [2.24, 2.45) is 0 Å². The number of anilines is 2. The van der Waals surface area contributed by atoms with Gasteiger partial charge in [-0.25, -0.2) is 0 Å². The van der Waals surface area contributed by atoms with Gasteiger partial charge in [0, 0.05) is 23.9 Å². The molecule has 0 atom stereocenters. The van der Waals surface area contributed by atoms with E-state index in [1.807, 2.05) is 13.0 Å². The van der Waals surface area contributed by atoms with Crippen LogP contribution in [0.25, 0.3) is 0 Å². The van der Waals surface area contributed by atoms with Crippen LogP contribution in [-0.2, 0) is 4.79 Å². The highest BCUT2D eigenvalue weighted by atomic mass is 16.5. The smallest absolute Gasteiger partial charge is 0.255 e. The van der Waals surface area contributed by atoms with E-state index in [2.05, 4.69) is 10.6 Å². The van der Waals surface area contributed by atoms with E-state index in [1.165, 1.54) is 6.92 Å². The first-order chi connectivity index (χ1) is 10.5. The Hall–Kier alpha value is -2.82. The maximum absolute atomic E-state index is 12.2. The number of carbonyl (C=O) groups is 2. The minimum atomic E-state index is -0.239. The van der Waals surface area contributed by atoms with Crippen LogP contribution in [0.5, 0.6) is 5.75 Å². The predicted molar refractivity (Wildman–Crippen MR) is 86.4 cm³/mol. The van der Waals surface area contributed by atoms with Gasteiger partial charge in [0.05, 0.1) is 7.11 Å². The minimum absolute atomic E-state index is 0.153. The zero-order valence-corrected chi connectivity index (χ0v) is 12.8. The van der Waals surface area contributed by atoms with Crippen LogP contribution in [0.15, 0.2) is 42.5 Å². The molecule has 22 heavy (non-hydrogen) atoms. The van der Waals surface area contributed by atoms with Gasteiger partial charge in [0.15, 0.2) is 0 Å². The van der Waals surface area contributed by atoms with E-state index >= 15 is 0 Å². The summed E-state index contributed by atoms with van der Waals surface area (Å²) in [6.07, 6.45) is 0. The predicted octanol–water partition coefficient (Wildman–Crippen LogP) is 3.21. The van der Waals surface area contributed by atoms with Crippen LogP contribution in [0, 0.1) is 6.92 Å². The molecular weight excluding hydrogens is 280 g/mol. The van der Waals surface area contributed by atoms with Gasteiger partial charge in [0.2, 0.25) is 5.91 Å². The fourth-order valence-electron chi connectivity index (χ4n) is 1.99. The lowest BCUT2D eigenvalue weighted by Gasteiger charge is -2.11. The Bertz CT molecular complexity index is 711. The topological polar surface area (TPSA) is 67.4 Å². The van der Waals surface area contributed by atoms with Gasteiger partial charge in [0.25, 0.3) is 5.91 Å². The Labute approximate surface area is 129 Å². The summed E-state index contributed by atoms with van der Waals surface area (Å²) in [5, 5.41) is 5.54. The van der Waals surface area contributed by atoms with E-state index < -0.39 is 0 Å². The number of carbonyl (C=O) groups excluding carboxylic acids is 2. The zero-order valence-electron chi connectivity index (χ0n) is 12.8. The molecule has 0 radical (unpaired) electrons. The molecule has 0 saturated heterocycles. The quantitative estimate of drug-likeness (QED) is 0.910. The van der Waals surface area contributed by atoms with Gasteiger partial charge in [-0.15, -0.1) is 0 Å². The third-order valence-corrected chi connectivity index (χ3v) is 3.14. The molecule has 5 heteroatoms. The lowest BCUT2D eigenvalue weighted by molar-refractivity contribution is -0.114. The first kappa shape index (κ1) is 15.6. The molecule has 2 aromatic rings. The van der Waals surface area contributed by atoms with Gasteiger partial charge < -0.3 is 15.4 Å². The van der Waals surface area contributed by atoms with Crippen molar-refractivity contribution in [2.45, 2.75) is 13.8 Å². The molecule has 0 unspecified atom stereocenters. The fraction of sp³-hybridized carbons (Fsp3) is 0.176. The number of benzene rings is 2. The lowest BCUT2D eigenvalue weighted by Crippen LogP contribution is -2.13. The lowest BCUT2D eigenvalue weighted by atomic mass is 10.1. The molecule has 0 aromatic heterocycles. The fourth-order valence-corrected chi connectivity index (χ4v) is 1.99. The Morgan fingerprint density at radius 2 is 1.82 bits per heavy atom. The zero-order chi connectivity index (χ0) is 16.1. The van der Waals surface area contributed by atoms with Crippen LogP contribution in [0.2, 0.25) is 0 Å². The first-order valence-corrected chi connectivity index (χ1v) is 6.83. The van der Waals surface area contributed by atoms with Crippen molar-refractivity contribution in [1.82, 2.24) is 0 Å². The second kappa shape index (κ2) is 6.76. The second-order valence-corrected chi connectivity index (χ2v) is 4.90. The van der Waals surface area contributed by atoms with E-state index in [-0.39, 0.29) is 11.8 Å².